The molecule has 4 aromatic rings. The van der Waals surface area contributed by atoms with Crippen LogP contribution >= 0.6 is 0 Å². The molecule has 7 nitrogen and oxygen atoms in total. The normalized spacial score (nSPS) is 16.2. The number of pyridine rings is 1. The van der Waals surface area contributed by atoms with E-state index in [1.165, 1.54) is 5.56 Å². The fraction of sp³-hybridized carbons (Fsp3) is 0.333. The number of aromatic nitrogens is 3. The maximum Gasteiger partial charge on any atom is 0.331 e. The third kappa shape index (κ3) is 5.25. The highest BCUT2D eigenvalue weighted by Crippen LogP contribution is 2.40. The van der Waals surface area contributed by atoms with E-state index in [1.807, 2.05) is 81.6 Å². The average Bonchev–Trinajstić information content (AvgIpc) is 3.31. The lowest BCUT2D eigenvalue weighted by Crippen LogP contribution is -2.42. The summed E-state index contributed by atoms with van der Waals surface area (Å²) in [6.45, 7) is 5.97. The first-order valence-electron chi connectivity index (χ1n) is 12.7. The number of aryl methyl sites for hydroxylation is 1. The first kappa shape index (κ1) is 24.7. The lowest BCUT2D eigenvalue weighted by atomic mass is 9.89. The number of nitriles is 1. The number of nitrogens with zero attached hydrogens (tertiary/aromatic N) is 4. The van der Waals surface area contributed by atoms with Crippen LogP contribution < -0.4 is 0 Å². The van der Waals surface area contributed by atoms with Crippen molar-refractivity contribution in [1.29, 1.82) is 5.26 Å². The number of fused-ring (bicyclic) bond motifs is 2. The molecular weight excluding hydrogens is 462 g/mol. The van der Waals surface area contributed by atoms with E-state index in [4.69, 9.17) is 14.7 Å². The molecule has 2 aromatic heterocycles. The van der Waals surface area contributed by atoms with Crippen LogP contribution in [0.25, 0.3) is 11.0 Å². The van der Waals surface area contributed by atoms with Crippen molar-refractivity contribution in [3.8, 4) is 6.07 Å². The summed E-state index contributed by atoms with van der Waals surface area (Å²) in [7, 11) is 0. The summed E-state index contributed by atoms with van der Waals surface area (Å²) in [5, 5.41) is 9.82. The molecule has 0 radical (unpaired) electrons. The Balaban J connectivity index is 1.68. The largest absolute Gasteiger partial charge is 0.458 e. The van der Waals surface area contributed by atoms with Crippen LogP contribution in [0.2, 0.25) is 0 Å². The highest BCUT2D eigenvalue weighted by atomic mass is 16.6. The second-order valence-electron chi connectivity index (χ2n) is 10.5. The smallest absolute Gasteiger partial charge is 0.331 e. The highest BCUT2D eigenvalue weighted by molar-refractivity contribution is 5.80. The van der Waals surface area contributed by atoms with Gasteiger partial charge in [0.05, 0.1) is 34.4 Å². The summed E-state index contributed by atoms with van der Waals surface area (Å²) in [6, 6.07) is 20.7. The molecule has 5 rings (SSSR count). The minimum Gasteiger partial charge on any atom is -0.458 e. The minimum atomic E-state index is -0.823. The van der Waals surface area contributed by atoms with Gasteiger partial charge in [-0.3, -0.25) is 9.88 Å². The minimum absolute atomic E-state index is 0.151. The van der Waals surface area contributed by atoms with Gasteiger partial charge in [-0.1, -0.05) is 36.4 Å². The van der Waals surface area contributed by atoms with Gasteiger partial charge in [0.1, 0.15) is 11.4 Å². The Morgan fingerprint density at radius 3 is 2.73 bits per heavy atom. The van der Waals surface area contributed by atoms with Crippen LogP contribution in [0.4, 0.5) is 0 Å². The number of imidazole rings is 1. The molecule has 7 heteroatoms. The van der Waals surface area contributed by atoms with Crippen molar-refractivity contribution in [3.05, 3.63) is 95.1 Å². The Kier molecular flexibility index (Phi) is 6.77. The molecule has 0 aliphatic heterocycles. The van der Waals surface area contributed by atoms with E-state index in [0.29, 0.717) is 17.9 Å². The number of benzene rings is 2. The van der Waals surface area contributed by atoms with Crippen LogP contribution in [-0.4, -0.2) is 31.4 Å². The van der Waals surface area contributed by atoms with E-state index >= 15 is 0 Å². The predicted octanol–water partition coefficient (Wildman–Crippen LogP) is 5.79. The molecule has 1 aliphatic rings. The molecule has 0 saturated heterocycles. The molecule has 2 atom stereocenters. The van der Waals surface area contributed by atoms with Crippen LogP contribution in [0.5, 0.6) is 0 Å². The molecule has 1 N–H and O–H groups in total. The zero-order valence-corrected chi connectivity index (χ0v) is 21.4. The Morgan fingerprint density at radius 2 is 1.95 bits per heavy atom. The summed E-state index contributed by atoms with van der Waals surface area (Å²) in [4.78, 5) is 29.1. The number of para-hydroxylation sites is 2. The second-order valence-corrected chi connectivity index (χ2v) is 10.5. The zero-order valence-electron chi connectivity index (χ0n) is 21.4. The highest BCUT2D eigenvalue weighted by Gasteiger charge is 2.40. The van der Waals surface area contributed by atoms with E-state index in [9.17, 15) is 10.1 Å². The molecule has 1 aliphatic carbocycles. The van der Waals surface area contributed by atoms with E-state index in [0.717, 1.165) is 41.6 Å². The van der Waals surface area contributed by atoms with Crippen LogP contribution in [0.15, 0.2) is 66.9 Å². The van der Waals surface area contributed by atoms with Crippen LogP contribution in [0.1, 0.15) is 73.9 Å². The van der Waals surface area contributed by atoms with Crippen molar-refractivity contribution < 1.29 is 9.53 Å². The molecule has 0 spiro atoms. The number of nitrogens with one attached hydrogen (secondary N) is 1. The summed E-state index contributed by atoms with van der Waals surface area (Å²) < 4.78 is 5.98. The fourth-order valence-electron chi connectivity index (χ4n) is 5.12. The SMILES string of the molecule is CC(C)(C)OC(=O)C(c1nc2ccccc2[nH]1)N(Cc1ccccc1C#N)C1CCCc2cccnc21. The Hall–Kier alpha value is -4.02. The predicted molar refractivity (Wildman–Crippen MR) is 141 cm³/mol. The fourth-order valence-corrected chi connectivity index (χ4v) is 5.12. The molecule has 0 amide bonds. The maximum absolute atomic E-state index is 14.0. The molecule has 2 heterocycles. The molecular formula is C30H31N5O2. The maximum atomic E-state index is 14.0. The Bertz CT molecular complexity index is 1430. The second kappa shape index (κ2) is 10.2. The lowest BCUT2D eigenvalue weighted by molar-refractivity contribution is -0.164. The van der Waals surface area contributed by atoms with Crippen LogP contribution in [0.3, 0.4) is 0 Å². The molecule has 0 bridgehead atoms. The lowest BCUT2D eigenvalue weighted by Gasteiger charge is -2.39. The van der Waals surface area contributed by atoms with Gasteiger partial charge in [-0.15, -0.1) is 0 Å². The number of H-pyrrole nitrogens is 1. The van der Waals surface area contributed by atoms with E-state index < -0.39 is 11.6 Å². The van der Waals surface area contributed by atoms with Gasteiger partial charge in [0.15, 0.2) is 6.04 Å². The quantitative estimate of drug-likeness (QED) is 0.342. The van der Waals surface area contributed by atoms with Crippen molar-refractivity contribution in [3.63, 3.8) is 0 Å². The molecule has 2 unspecified atom stereocenters. The van der Waals surface area contributed by atoms with Crippen molar-refractivity contribution in [1.82, 2.24) is 19.9 Å². The first-order valence-corrected chi connectivity index (χ1v) is 12.7. The number of rotatable bonds is 6. The molecule has 37 heavy (non-hydrogen) atoms. The summed E-state index contributed by atoms with van der Waals surface area (Å²) in [6.07, 6.45) is 4.56. The topological polar surface area (TPSA) is 94.9 Å². The van der Waals surface area contributed by atoms with Crippen molar-refractivity contribution >= 4 is 17.0 Å². The molecule has 2 aromatic carbocycles. The number of hydrogen-bond donors (Lipinski definition) is 1. The summed E-state index contributed by atoms with van der Waals surface area (Å²) in [5.41, 5.74) is 4.53. The Morgan fingerprint density at radius 1 is 1.16 bits per heavy atom. The summed E-state index contributed by atoms with van der Waals surface area (Å²) in [5.74, 6) is 0.136. The van der Waals surface area contributed by atoms with E-state index in [2.05, 4.69) is 22.0 Å². The van der Waals surface area contributed by atoms with Gasteiger partial charge < -0.3 is 9.72 Å². The van der Waals surface area contributed by atoms with Crippen LogP contribution in [-0.2, 0) is 22.5 Å². The third-order valence-corrected chi connectivity index (χ3v) is 6.68. The van der Waals surface area contributed by atoms with Crippen LogP contribution in [0, 0.1) is 11.3 Å². The van der Waals surface area contributed by atoms with E-state index in [1.54, 1.807) is 0 Å². The zero-order chi connectivity index (χ0) is 26.0. The van der Waals surface area contributed by atoms with E-state index in [-0.39, 0.29) is 12.0 Å². The van der Waals surface area contributed by atoms with Gasteiger partial charge >= 0.3 is 5.97 Å². The molecule has 188 valence electrons. The number of carbonyl (C=O) groups excluding carboxylic acids is 1. The van der Waals surface area contributed by atoms with Crippen molar-refractivity contribution in [2.45, 2.75) is 64.3 Å². The van der Waals surface area contributed by atoms with Gasteiger partial charge in [0.25, 0.3) is 0 Å². The first-order chi connectivity index (χ1) is 17.8. The van der Waals surface area contributed by atoms with Gasteiger partial charge in [0.2, 0.25) is 0 Å². The number of carbonyl (C=O) groups is 1. The number of hydrogen-bond acceptors (Lipinski definition) is 6. The number of aromatic amines is 1. The van der Waals surface area contributed by atoms with Gasteiger partial charge in [-0.05, 0) is 75.4 Å². The standard InChI is InChI=1S/C30H31N5O2/c1-30(2,3)37-29(36)27(28-33-23-14-6-7-15-24(23)34-28)35(19-22-11-5-4-10-21(22)18-31)25-16-8-12-20-13-9-17-32-26(20)25/h4-7,9-11,13-15,17,25,27H,8,12,16,19H2,1-3H3,(H,33,34). The average molecular weight is 494 g/mol. The van der Waals surface area contributed by atoms with Gasteiger partial charge in [-0.2, -0.15) is 5.26 Å². The van der Waals surface area contributed by atoms with Crippen molar-refractivity contribution in [2.75, 3.05) is 0 Å². The Labute approximate surface area is 217 Å². The monoisotopic (exact) mass is 493 g/mol. The summed E-state index contributed by atoms with van der Waals surface area (Å²) >= 11 is 0. The van der Waals surface area contributed by atoms with Crippen molar-refractivity contribution in [2.24, 2.45) is 0 Å². The third-order valence-electron chi connectivity index (χ3n) is 6.68. The number of ether oxygens (including phenoxy) is 1. The molecule has 0 fully saturated rings. The molecule has 0 saturated carbocycles. The number of esters is 1. The van der Waals surface area contributed by atoms with Gasteiger partial charge in [-0.25, -0.2) is 9.78 Å². The van der Waals surface area contributed by atoms with Gasteiger partial charge in [0, 0.05) is 12.7 Å².